The molecule has 5 nitrogen and oxygen atoms in total. The number of carbonyl (C=O) groups is 1. The van der Waals surface area contributed by atoms with Gasteiger partial charge in [0, 0.05) is 26.7 Å². The van der Waals surface area contributed by atoms with Crippen molar-refractivity contribution in [3.8, 4) is 0 Å². The number of hydrogen-bond acceptors (Lipinski definition) is 4. The van der Waals surface area contributed by atoms with Crippen LogP contribution in [0.4, 0.5) is 0 Å². The summed E-state index contributed by atoms with van der Waals surface area (Å²) >= 11 is 0. The quantitative estimate of drug-likeness (QED) is 0.615. The van der Waals surface area contributed by atoms with Crippen LogP contribution in [-0.2, 0) is 9.53 Å². The fraction of sp³-hybridized carbons (Fsp3) is 0.900. The predicted molar refractivity (Wildman–Crippen MR) is 57.0 cm³/mol. The second-order valence-corrected chi connectivity index (χ2v) is 3.97. The number of nitrogens with one attached hydrogen (secondary N) is 1. The van der Waals surface area contributed by atoms with Crippen LogP contribution in [0.25, 0.3) is 0 Å². The summed E-state index contributed by atoms with van der Waals surface area (Å²) in [5.74, 6) is -0.729. The minimum atomic E-state index is -0.729. The molecule has 0 aromatic rings. The van der Waals surface area contributed by atoms with Crippen molar-refractivity contribution in [1.29, 1.82) is 0 Å². The number of ether oxygens (including phenoxy) is 1. The van der Waals surface area contributed by atoms with Gasteiger partial charge in [-0.15, -0.1) is 0 Å². The fourth-order valence-electron chi connectivity index (χ4n) is 2.09. The monoisotopic (exact) mass is 216 g/mol. The third-order valence-electron chi connectivity index (χ3n) is 3.01. The minimum Gasteiger partial charge on any atom is -0.481 e. The van der Waals surface area contributed by atoms with E-state index in [0.29, 0.717) is 6.61 Å². The number of carboxylic acid groups (broad SMARTS) is 1. The number of carboxylic acids is 1. The Hall–Kier alpha value is -0.650. The van der Waals surface area contributed by atoms with Crippen LogP contribution >= 0.6 is 0 Å². The lowest BCUT2D eigenvalue weighted by Crippen LogP contribution is -2.69. The van der Waals surface area contributed by atoms with Gasteiger partial charge in [-0.05, 0) is 6.54 Å². The van der Waals surface area contributed by atoms with E-state index in [9.17, 15) is 4.79 Å². The Bertz CT molecular complexity index is 217. The zero-order chi connectivity index (χ0) is 11.3. The second-order valence-electron chi connectivity index (χ2n) is 3.97. The molecular weight excluding hydrogens is 196 g/mol. The van der Waals surface area contributed by atoms with Crippen molar-refractivity contribution in [3.05, 3.63) is 0 Å². The highest BCUT2D eigenvalue weighted by Crippen LogP contribution is 2.24. The Morgan fingerprint density at radius 3 is 2.60 bits per heavy atom. The van der Waals surface area contributed by atoms with Crippen LogP contribution < -0.4 is 5.32 Å². The van der Waals surface area contributed by atoms with Gasteiger partial charge in [0.15, 0.2) is 0 Å². The smallest absolute Gasteiger partial charge is 0.305 e. The molecule has 1 heterocycles. The van der Waals surface area contributed by atoms with Gasteiger partial charge in [-0.25, -0.2) is 0 Å². The third-order valence-corrected chi connectivity index (χ3v) is 3.01. The highest BCUT2D eigenvalue weighted by molar-refractivity contribution is 5.68. The van der Waals surface area contributed by atoms with Crippen molar-refractivity contribution >= 4 is 5.97 Å². The Balaban J connectivity index is 2.56. The SMILES string of the molecule is CCN(CCOC)C1(CC(=O)O)CNC1. The van der Waals surface area contributed by atoms with Gasteiger partial charge in [0.25, 0.3) is 0 Å². The molecule has 0 aromatic carbocycles. The van der Waals surface area contributed by atoms with Crippen molar-refractivity contribution < 1.29 is 14.6 Å². The normalized spacial score (nSPS) is 18.9. The summed E-state index contributed by atoms with van der Waals surface area (Å²) in [6, 6.07) is 0. The number of hydrogen-bond donors (Lipinski definition) is 2. The summed E-state index contributed by atoms with van der Waals surface area (Å²) in [6.45, 7) is 5.88. The van der Waals surface area contributed by atoms with E-state index in [4.69, 9.17) is 9.84 Å². The summed E-state index contributed by atoms with van der Waals surface area (Å²) in [6.07, 6.45) is 0.206. The summed E-state index contributed by atoms with van der Waals surface area (Å²) < 4.78 is 5.03. The van der Waals surface area contributed by atoms with Crippen LogP contribution in [0.15, 0.2) is 0 Å². The van der Waals surface area contributed by atoms with Crippen molar-refractivity contribution in [2.75, 3.05) is 39.9 Å². The molecule has 0 aromatic heterocycles. The molecule has 0 saturated carbocycles. The first-order chi connectivity index (χ1) is 7.14. The van der Waals surface area contributed by atoms with E-state index in [1.54, 1.807) is 7.11 Å². The van der Waals surface area contributed by atoms with Crippen molar-refractivity contribution in [1.82, 2.24) is 10.2 Å². The van der Waals surface area contributed by atoms with Gasteiger partial charge < -0.3 is 15.2 Å². The summed E-state index contributed by atoms with van der Waals surface area (Å²) in [5, 5.41) is 12.1. The average molecular weight is 216 g/mol. The second kappa shape index (κ2) is 5.44. The van der Waals surface area contributed by atoms with E-state index in [1.807, 2.05) is 0 Å². The van der Waals surface area contributed by atoms with Gasteiger partial charge in [0.05, 0.1) is 18.6 Å². The van der Waals surface area contributed by atoms with Crippen LogP contribution in [-0.4, -0.2) is 61.4 Å². The maximum Gasteiger partial charge on any atom is 0.305 e. The number of likely N-dealkylation sites (N-methyl/N-ethyl adjacent to an activating group) is 1. The lowest BCUT2D eigenvalue weighted by atomic mass is 9.86. The average Bonchev–Trinajstić information content (AvgIpc) is 2.14. The number of methoxy groups -OCH3 is 1. The molecule has 2 N–H and O–H groups in total. The van der Waals surface area contributed by atoms with Crippen molar-refractivity contribution in [2.24, 2.45) is 0 Å². The molecule has 1 aliphatic heterocycles. The summed E-state index contributed by atoms with van der Waals surface area (Å²) in [7, 11) is 1.66. The van der Waals surface area contributed by atoms with Crippen molar-refractivity contribution in [2.45, 2.75) is 18.9 Å². The highest BCUT2D eigenvalue weighted by atomic mass is 16.5. The molecule has 0 amide bonds. The molecule has 0 atom stereocenters. The van der Waals surface area contributed by atoms with E-state index in [-0.39, 0.29) is 12.0 Å². The molecule has 1 aliphatic rings. The van der Waals surface area contributed by atoms with Gasteiger partial charge >= 0.3 is 5.97 Å². The van der Waals surface area contributed by atoms with Crippen LogP contribution in [0.3, 0.4) is 0 Å². The lowest BCUT2D eigenvalue weighted by Gasteiger charge is -2.49. The Morgan fingerprint density at radius 1 is 1.60 bits per heavy atom. The number of rotatable bonds is 7. The van der Waals surface area contributed by atoms with E-state index in [1.165, 1.54) is 0 Å². The predicted octanol–water partition coefficient (Wildman–Crippen LogP) is -0.229. The first kappa shape index (κ1) is 12.4. The summed E-state index contributed by atoms with van der Waals surface area (Å²) in [4.78, 5) is 13.0. The molecule has 0 bridgehead atoms. The largest absolute Gasteiger partial charge is 0.481 e. The standard InChI is InChI=1S/C10H20N2O3/c1-3-12(4-5-15-2)10(6-9(13)14)7-11-8-10/h11H,3-8H2,1-2H3,(H,13,14). The third kappa shape index (κ3) is 2.90. The topological polar surface area (TPSA) is 61.8 Å². The maximum atomic E-state index is 10.8. The molecule has 0 spiro atoms. The molecule has 0 unspecified atom stereocenters. The molecule has 0 aliphatic carbocycles. The Morgan fingerprint density at radius 2 is 2.27 bits per heavy atom. The van der Waals surface area contributed by atoms with Crippen LogP contribution in [0.1, 0.15) is 13.3 Å². The summed E-state index contributed by atoms with van der Waals surface area (Å²) in [5.41, 5.74) is -0.195. The molecular formula is C10H20N2O3. The molecule has 0 radical (unpaired) electrons. The molecule has 1 saturated heterocycles. The van der Waals surface area contributed by atoms with Crippen LogP contribution in [0.5, 0.6) is 0 Å². The number of aliphatic carboxylic acids is 1. The van der Waals surface area contributed by atoms with Gasteiger partial charge in [0.2, 0.25) is 0 Å². The first-order valence-corrected chi connectivity index (χ1v) is 5.31. The number of nitrogens with zero attached hydrogens (tertiary/aromatic N) is 1. The van der Waals surface area contributed by atoms with E-state index < -0.39 is 5.97 Å². The Labute approximate surface area is 90.4 Å². The van der Waals surface area contributed by atoms with Crippen molar-refractivity contribution in [3.63, 3.8) is 0 Å². The van der Waals surface area contributed by atoms with E-state index in [0.717, 1.165) is 26.2 Å². The highest BCUT2D eigenvalue weighted by Gasteiger charge is 2.43. The Kier molecular flexibility index (Phi) is 4.50. The molecule has 88 valence electrons. The van der Waals surface area contributed by atoms with Gasteiger partial charge in [0.1, 0.15) is 0 Å². The minimum absolute atomic E-state index is 0.195. The van der Waals surface area contributed by atoms with E-state index >= 15 is 0 Å². The molecule has 15 heavy (non-hydrogen) atoms. The van der Waals surface area contributed by atoms with Gasteiger partial charge in [-0.1, -0.05) is 6.92 Å². The zero-order valence-electron chi connectivity index (χ0n) is 9.45. The zero-order valence-corrected chi connectivity index (χ0v) is 9.45. The van der Waals surface area contributed by atoms with Crippen LogP contribution in [0, 0.1) is 0 Å². The maximum absolute atomic E-state index is 10.8. The van der Waals surface area contributed by atoms with Gasteiger partial charge in [-0.3, -0.25) is 9.69 Å². The molecule has 1 rings (SSSR count). The lowest BCUT2D eigenvalue weighted by molar-refractivity contribution is -0.142. The first-order valence-electron chi connectivity index (χ1n) is 5.31. The fourth-order valence-corrected chi connectivity index (χ4v) is 2.09. The molecule has 1 fully saturated rings. The van der Waals surface area contributed by atoms with E-state index in [2.05, 4.69) is 17.1 Å². The van der Waals surface area contributed by atoms with Crippen LogP contribution in [0.2, 0.25) is 0 Å². The van der Waals surface area contributed by atoms with Gasteiger partial charge in [-0.2, -0.15) is 0 Å². The molecule has 5 heteroatoms.